The molecular weight excluding hydrogens is 532 g/mol. The normalized spacial score (nSPS) is 19.0. The van der Waals surface area contributed by atoms with Crippen LogP contribution in [0.2, 0.25) is 0 Å². The summed E-state index contributed by atoms with van der Waals surface area (Å²) in [6.07, 6.45) is 0.703. The SMILES string of the molecule is CCn1cc(S(=O)N2CCN(CC(C)C(F)(F)F)C(c3cc4cnn(-c5ccc(F)cc5)c4cc3C)C2)cn1. The van der Waals surface area contributed by atoms with Crippen LogP contribution in [0.5, 0.6) is 0 Å². The van der Waals surface area contributed by atoms with Crippen LogP contribution in [-0.4, -0.2) is 65.3 Å². The quantitative estimate of drug-likeness (QED) is 0.288. The monoisotopic (exact) mass is 562 g/mol. The van der Waals surface area contributed by atoms with Gasteiger partial charge >= 0.3 is 6.18 Å². The summed E-state index contributed by atoms with van der Waals surface area (Å²) in [6, 6.07) is 9.51. The lowest BCUT2D eigenvalue weighted by molar-refractivity contribution is -0.176. The van der Waals surface area contributed by atoms with Crippen LogP contribution in [0, 0.1) is 18.7 Å². The molecule has 0 spiro atoms. The maximum absolute atomic E-state index is 13.5. The molecule has 1 fully saturated rings. The Morgan fingerprint density at radius 3 is 2.51 bits per heavy atom. The number of aromatic nitrogens is 4. The van der Waals surface area contributed by atoms with Crippen molar-refractivity contribution in [3.05, 3.63) is 71.9 Å². The van der Waals surface area contributed by atoms with Crippen molar-refractivity contribution in [3.63, 3.8) is 0 Å². The smallest absolute Gasteiger partial charge is 0.293 e. The van der Waals surface area contributed by atoms with Crippen LogP contribution in [0.1, 0.15) is 31.0 Å². The third-order valence-electron chi connectivity index (χ3n) is 7.28. The van der Waals surface area contributed by atoms with E-state index in [0.717, 1.165) is 22.0 Å². The molecule has 0 bridgehead atoms. The molecule has 3 heterocycles. The van der Waals surface area contributed by atoms with Gasteiger partial charge in [-0.15, -0.1) is 0 Å². The molecule has 1 aliphatic rings. The maximum Gasteiger partial charge on any atom is 0.392 e. The largest absolute Gasteiger partial charge is 0.392 e. The first kappa shape index (κ1) is 27.5. The number of benzene rings is 2. The summed E-state index contributed by atoms with van der Waals surface area (Å²) in [7, 11) is -1.49. The molecule has 3 atom stereocenters. The minimum atomic E-state index is -4.31. The highest BCUT2D eigenvalue weighted by Crippen LogP contribution is 2.35. The zero-order valence-electron chi connectivity index (χ0n) is 21.9. The van der Waals surface area contributed by atoms with Crippen LogP contribution in [0.4, 0.5) is 17.6 Å². The highest BCUT2D eigenvalue weighted by molar-refractivity contribution is 7.82. The second kappa shape index (κ2) is 10.8. The zero-order valence-corrected chi connectivity index (χ0v) is 22.7. The first-order chi connectivity index (χ1) is 18.5. The molecule has 7 nitrogen and oxygen atoms in total. The third-order valence-corrected chi connectivity index (χ3v) is 8.69. The van der Waals surface area contributed by atoms with E-state index < -0.39 is 29.1 Å². The molecule has 5 rings (SSSR count). The summed E-state index contributed by atoms with van der Waals surface area (Å²) in [6.45, 7) is 6.55. The number of alkyl halides is 3. The molecule has 0 aliphatic carbocycles. The van der Waals surface area contributed by atoms with E-state index in [1.165, 1.54) is 19.1 Å². The summed E-state index contributed by atoms with van der Waals surface area (Å²) < 4.78 is 72.7. The number of rotatable bonds is 7. The van der Waals surface area contributed by atoms with Crippen LogP contribution in [0.15, 0.2) is 59.9 Å². The molecule has 0 amide bonds. The lowest BCUT2D eigenvalue weighted by Gasteiger charge is -2.42. The van der Waals surface area contributed by atoms with E-state index in [9.17, 15) is 21.8 Å². The second-order valence-corrected chi connectivity index (χ2v) is 11.4. The van der Waals surface area contributed by atoms with E-state index in [0.29, 0.717) is 36.8 Å². The maximum atomic E-state index is 13.5. The summed E-state index contributed by atoms with van der Waals surface area (Å²) in [5.41, 5.74) is 3.25. The van der Waals surface area contributed by atoms with Crippen molar-refractivity contribution in [2.45, 2.75) is 44.4 Å². The molecule has 1 saturated heterocycles. The van der Waals surface area contributed by atoms with E-state index >= 15 is 0 Å². The Hall–Kier alpha value is -3.09. The molecule has 0 saturated carbocycles. The molecule has 4 aromatic rings. The molecule has 12 heteroatoms. The Morgan fingerprint density at radius 2 is 1.85 bits per heavy atom. The third kappa shape index (κ3) is 5.64. The molecule has 208 valence electrons. The average Bonchev–Trinajstić information content (AvgIpc) is 3.55. The lowest BCUT2D eigenvalue weighted by Crippen LogP contribution is -2.51. The second-order valence-electron chi connectivity index (χ2n) is 9.92. The van der Waals surface area contributed by atoms with Gasteiger partial charge in [-0.3, -0.25) is 9.58 Å². The molecular formula is C27H30F4N6OS. The van der Waals surface area contributed by atoms with Gasteiger partial charge in [0, 0.05) is 50.3 Å². The van der Waals surface area contributed by atoms with Gasteiger partial charge in [-0.2, -0.15) is 23.4 Å². The number of piperazine rings is 1. The van der Waals surface area contributed by atoms with Gasteiger partial charge in [-0.25, -0.2) is 17.6 Å². The number of halogens is 4. The molecule has 0 radical (unpaired) electrons. The van der Waals surface area contributed by atoms with Crippen molar-refractivity contribution in [1.82, 2.24) is 28.8 Å². The molecule has 3 unspecified atom stereocenters. The van der Waals surface area contributed by atoms with E-state index in [1.807, 2.05) is 35.2 Å². The number of nitrogens with zero attached hydrogens (tertiary/aromatic N) is 6. The molecule has 1 aliphatic heterocycles. The van der Waals surface area contributed by atoms with Crippen molar-refractivity contribution >= 4 is 21.9 Å². The van der Waals surface area contributed by atoms with Gasteiger partial charge in [0.1, 0.15) is 16.8 Å². The predicted octanol–water partition coefficient (Wildman–Crippen LogP) is 5.27. The van der Waals surface area contributed by atoms with Crippen molar-refractivity contribution in [2.75, 3.05) is 26.2 Å². The fourth-order valence-electron chi connectivity index (χ4n) is 5.01. The van der Waals surface area contributed by atoms with Crippen molar-refractivity contribution < 1.29 is 21.8 Å². The zero-order chi connectivity index (χ0) is 27.9. The first-order valence-electron chi connectivity index (χ1n) is 12.8. The number of aryl methyl sites for hydroxylation is 2. The van der Waals surface area contributed by atoms with Crippen LogP contribution in [-0.2, 0) is 17.5 Å². The summed E-state index contributed by atoms with van der Waals surface area (Å²) in [5.74, 6) is -1.85. The highest BCUT2D eigenvalue weighted by Gasteiger charge is 2.40. The molecule has 39 heavy (non-hydrogen) atoms. The molecule has 2 aromatic heterocycles. The van der Waals surface area contributed by atoms with Gasteiger partial charge in [0.25, 0.3) is 0 Å². The number of hydrogen-bond donors (Lipinski definition) is 0. The number of fused-ring (bicyclic) bond motifs is 1. The Morgan fingerprint density at radius 1 is 1.10 bits per heavy atom. The Kier molecular flexibility index (Phi) is 7.62. The van der Waals surface area contributed by atoms with E-state index in [2.05, 4.69) is 10.2 Å². The highest BCUT2D eigenvalue weighted by atomic mass is 32.2. The van der Waals surface area contributed by atoms with Crippen LogP contribution in [0.3, 0.4) is 0 Å². The van der Waals surface area contributed by atoms with Gasteiger partial charge in [-0.05, 0) is 61.4 Å². The van der Waals surface area contributed by atoms with E-state index in [4.69, 9.17) is 0 Å². The standard InChI is InChI=1S/C27H30F4N6OS/c1-4-35-16-23(14-32-35)39(38)36-10-9-34(15-19(3)27(29,30)31)26(17-36)24-12-20-13-33-37(25(20)11-18(24)2)22-7-5-21(28)6-8-22/h5-8,11-14,16,19,26H,4,9-10,15,17H2,1-3H3. The van der Waals surface area contributed by atoms with Gasteiger partial charge < -0.3 is 0 Å². The molecule has 2 aromatic carbocycles. The van der Waals surface area contributed by atoms with Crippen molar-refractivity contribution in [1.29, 1.82) is 0 Å². The summed E-state index contributed by atoms with van der Waals surface area (Å²) in [5, 5.41) is 9.51. The predicted molar refractivity (Wildman–Crippen MR) is 141 cm³/mol. The van der Waals surface area contributed by atoms with Gasteiger partial charge in [0.15, 0.2) is 0 Å². The Bertz CT molecular complexity index is 1480. The Labute approximate surface area is 226 Å². The van der Waals surface area contributed by atoms with E-state index in [-0.39, 0.29) is 12.4 Å². The van der Waals surface area contributed by atoms with Gasteiger partial charge in [0.05, 0.1) is 34.4 Å². The summed E-state index contributed by atoms with van der Waals surface area (Å²) >= 11 is 0. The summed E-state index contributed by atoms with van der Waals surface area (Å²) in [4.78, 5) is 2.42. The fraction of sp³-hybridized carbons (Fsp3) is 0.407. The fourth-order valence-corrected chi connectivity index (χ4v) is 6.19. The van der Waals surface area contributed by atoms with Gasteiger partial charge in [-0.1, -0.05) is 6.92 Å². The first-order valence-corrected chi connectivity index (χ1v) is 13.9. The van der Waals surface area contributed by atoms with Gasteiger partial charge in [0.2, 0.25) is 0 Å². The Balaban J connectivity index is 1.50. The van der Waals surface area contributed by atoms with Crippen molar-refractivity contribution in [2.24, 2.45) is 5.92 Å². The minimum absolute atomic E-state index is 0.158. The van der Waals surface area contributed by atoms with Crippen LogP contribution in [0.25, 0.3) is 16.6 Å². The minimum Gasteiger partial charge on any atom is -0.293 e. The number of hydrogen-bond acceptors (Lipinski definition) is 4. The molecule has 0 N–H and O–H groups in total. The van der Waals surface area contributed by atoms with E-state index in [1.54, 1.807) is 40.1 Å². The lowest BCUT2D eigenvalue weighted by atomic mass is 9.95. The van der Waals surface area contributed by atoms with Crippen LogP contribution < -0.4 is 0 Å². The average molecular weight is 563 g/mol. The topological polar surface area (TPSA) is 59.2 Å². The van der Waals surface area contributed by atoms with Crippen LogP contribution >= 0.6 is 0 Å². The van der Waals surface area contributed by atoms with Crippen molar-refractivity contribution in [3.8, 4) is 5.69 Å².